The van der Waals surface area contributed by atoms with Crippen molar-refractivity contribution in [3.63, 3.8) is 0 Å². The normalized spacial score (nSPS) is 17.5. The first-order chi connectivity index (χ1) is 12.8. The minimum Gasteiger partial charge on any atom is -0.372 e. The molecular formula is C19H24N6O. The summed E-state index contributed by atoms with van der Waals surface area (Å²) in [7, 11) is 0. The number of rotatable bonds is 5. The Hall–Kier alpha value is -2.83. The molecule has 4 rings (SSSR count). The van der Waals surface area contributed by atoms with E-state index in [9.17, 15) is 4.79 Å². The average molecular weight is 352 g/mol. The zero-order valence-electron chi connectivity index (χ0n) is 14.8. The van der Waals surface area contributed by atoms with Gasteiger partial charge in [-0.05, 0) is 43.2 Å². The summed E-state index contributed by atoms with van der Waals surface area (Å²) in [5.41, 5.74) is 2.26. The lowest BCUT2D eigenvalue weighted by Gasteiger charge is -2.33. The largest absolute Gasteiger partial charge is 0.372 e. The number of carbonyl (C=O) groups is 1. The molecule has 26 heavy (non-hydrogen) atoms. The highest BCUT2D eigenvalue weighted by atomic mass is 16.1. The Morgan fingerprint density at radius 1 is 0.885 bits per heavy atom. The van der Waals surface area contributed by atoms with Crippen LogP contribution in [0.5, 0.6) is 0 Å². The van der Waals surface area contributed by atoms with E-state index < -0.39 is 0 Å². The number of amides is 1. The van der Waals surface area contributed by atoms with Crippen molar-refractivity contribution in [2.24, 2.45) is 0 Å². The van der Waals surface area contributed by atoms with Crippen LogP contribution in [0.3, 0.4) is 0 Å². The summed E-state index contributed by atoms with van der Waals surface area (Å²) in [6.07, 6.45) is 5.24. The first kappa shape index (κ1) is 16.6. The van der Waals surface area contributed by atoms with Crippen LogP contribution in [-0.2, 0) is 4.79 Å². The average Bonchev–Trinajstić information content (AvgIpc) is 3.24. The number of anilines is 4. The highest BCUT2D eigenvalue weighted by molar-refractivity contribution is 5.60. The highest BCUT2D eigenvalue weighted by Crippen LogP contribution is 2.23. The molecule has 2 aliphatic rings. The number of nitrogens with zero attached hydrogens (tertiary/aromatic N) is 5. The summed E-state index contributed by atoms with van der Waals surface area (Å²) in [4.78, 5) is 26.2. The summed E-state index contributed by atoms with van der Waals surface area (Å²) < 4.78 is 0. The van der Waals surface area contributed by atoms with Crippen molar-refractivity contribution in [2.75, 3.05) is 54.4 Å². The van der Waals surface area contributed by atoms with E-state index >= 15 is 0 Å². The molecule has 2 aliphatic heterocycles. The van der Waals surface area contributed by atoms with Gasteiger partial charge in [0.2, 0.25) is 12.4 Å². The number of nitrogens with one attached hydrogen (secondary N) is 1. The van der Waals surface area contributed by atoms with Crippen LogP contribution >= 0.6 is 0 Å². The van der Waals surface area contributed by atoms with Crippen molar-refractivity contribution in [1.29, 1.82) is 0 Å². The Bertz CT molecular complexity index is 736. The van der Waals surface area contributed by atoms with Crippen LogP contribution in [0, 0.1) is 0 Å². The SMILES string of the molecule is O=CN1CCN(c2ccnc(Nc3ccc(N4CCCC4)cc3)n2)CC1. The number of hydrogen-bond donors (Lipinski definition) is 1. The van der Waals surface area contributed by atoms with E-state index in [0.717, 1.165) is 57.2 Å². The van der Waals surface area contributed by atoms with Crippen LogP contribution in [-0.4, -0.2) is 60.5 Å². The monoisotopic (exact) mass is 352 g/mol. The Balaban J connectivity index is 1.41. The standard InChI is InChI=1S/C19H24N6O/c26-15-23-11-13-25(14-12-23)18-7-8-20-19(22-18)21-16-3-5-17(6-4-16)24-9-1-2-10-24/h3-8,15H,1-2,9-14H2,(H,20,21,22). The van der Waals surface area contributed by atoms with E-state index in [4.69, 9.17) is 0 Å². The van der Waals surface area contributed by atoms with Gasteiger partial charge in [-0.3, -0.25) is 4.79 Å². The molecule has 1 N–H and O–H groups in total. The third-order valence-electron chi connectivity index (χ3n) is 5.02. The van der Waals surface area contributed by atoms with Crippen LogP contribution < -0.4 is 15.1 Å². The second-order valence-corrected chi connectivity index (χ2v) is 6.73. The van der Waals surface area contributed by atoms with Crippen LogP contribution in [0.1, 0.15) is 12.8 Å². The van der Waals surface area contributed by atoms with Crippen LogP contribution in [0.25, 0.3) is 0 Å². The molecule has 7 nitrogen and oxygen atoms in total. The molecule has 0 atom stereocenters. The molecule has 2 fully saturated rings. The molecule has 0 unspecified atom stereocenters. The molecule has 3 heterocycles. The van der Waals surface area contributed by atoms with Gasteiger partial charge in [0.1, 0.15) is 5.82 Å². The first-order valence-electron chi connectivity index (χ1n) is 9.21. The van der Waals surface area contributed by atoms with E-state index in [0.29, 0.717) is 5.95 Å². The van der Waals surface area contributed by atoms with Crippen LogP contribution in [0.2, 0.25) is 0 Å². The Kier molecular flexibility index (Phi) is 4.86. The molecule has 0 bridgehead atoms. The molecule has 0 spiro atoms. The minimum atomic E-state index is 0.592. The summed E-state index contributed by atoms with van der Waals surface area (Å²) in [5, 5.41) is 3.29. The fraction of sp³-hybridized carbons (Fsp3) is 0.421. The van der Waals surface area contributed by atoms with Gasteiger partial charge in [0.15, 0.2) is 0 Å². The van der Waals surface area contributed by atoms with Gasteiger partial charge in [0.05, 0.1) is 0 Å². The predicted molar refractivity (Wildman–Crippen MR) is 103 cm³/mol. The maximum Gasteiger partial charge on any atom is 0.229 e. The molecule has 1 amide bonds. The van der Waals surface area contributed by atoms with E-state index in [-0.39, 0.29) is 0 Å². The molecule has 2 saturated heterocycles. The van der Waals surface area contributed by atoms with Crippen molar-refractivity contribution in [1.82, 2.24) is 14.9 Å². The van der Waals surface area contributed by atoms with E-state index in [1.54, 1.807) is 11.1 Å². The summed E-state index contributed by atoms with van der Waals surface area (Å²) >= 11 is 0. The first-order valence-corrected chi connectivity index (χ1v) is 9.21. The van der Waals surface area contributed by atoms with Gasteiger partial charge in [0.25, 0.3) is 0 Å². The maximum atomic E-state index is 10.8. The number of benzene rings is 1. The number of piperazine rings is 1. The van der Waals surface area contributed by atoms with Gasteiger partial charge in [-0.15, -0.1) is 0 Å². The zero-order valence-corrected chi connectivity index (χ0v) is 14.8. The lowest BCUT2D eigenvalue weighted by atomic mass is 10.2. The van der Waals surface area contributed by atoms with E-state index in [2.05, 4.69) is 49.4 Å². The lowest BCUT2D eigenvalue weighted by molar-refractivity contribution is -0.118. The molecule has 7 heteroatoms. The molecule has 0 aliphatic carbocycles. The van der Waals surface area contributed by atoms with Crippen LogP contribution in [0.15, 0.2) is 36.5 Å². The van der Waals surface area contributed by atoms with Crippen molar-refractivity contribution in [3.05, 3.63) is 36.5 Å². The molecule has 0 saturated carbocycles. The molecule has 2 aromatic rings. The zero-order chi connectivity index (χ0) is 17.8. The fourth-order valence-electron chi connectivity index (χ4n) is 3.50. The van der Waals surface area contributed by atoms with Gasteiger partial charge in [-0.25, -0.2) is 4.98 Å². The van der Waals surface area contributed by atoms with Crippen LogP contribution in [0.4, 0.5) is 23.1 Å². The summed E-state index contributed by atoms with van der Waals surface area (Å²) in [6, 6.07) is 10.4. The topological polar surface area (TPSA) is 64.6 Å². The molecule has 1 aromatic heterocycles. The second-order valence-electron chi connectivity index (χ2n) is 6.73. The third-order valence-corrected chi connectivity index (χ3v) is 5.02. The minimum absolute atomic E-state index is 0.592. The van der Waals surface area contributed by atoms with Crippen molar-refractivity contribution in [2.45, 2.75) is 12.8 Å². The van der Waals surface area contributed by atoms with Crippen molar-refractivity contribution < 1.29 is 4.79 Å². The predicted octanol–water partition coefficient (Wildman–Crippen LogP) is 2.10. The molecule has 0 radical (unpaired) electrons. The fourth-order valence-corrected chi connectivity index (χ4v) is 3.50. The number of hydrogen-bond acceptors (Lipinski definition) is 6. The third kappa shape index (κ3) is 3.71. The Morgan fingerprint density at radius 3 is 2.31 bits per heavy atom. The van der Waals surface area contributed by atoms with Crippen molar-refractivity contribution >= 4 is 29.6 Å². The van der Waals surface area contributed by atoms with Gasteiger partial charge in [-0.1, -0.05) is 0 Å². The second kappa shape index (κ2) is 7.59. The molecule has 136 valence electrons. The highest BCUT2D eigenvalue weighted by Gasteiger charge is 2.17. The summed E-state index contributed by atoms with van der Waals surface area (Å²) in [5.74, 6) is 1.48. The van der Waals surface area contributed by atoms with Crippen molar-refractivity contribution in [3.8, 4) is 0 Å². The van der Waals surface area contributed by atoms with Gasteiger partial charge in [-0.2, -0.15) is 4.98 Å². The number of aromatic nitrogens is 2. The van der Waals surface area contributed by atoms with E-state index in [1.165, 1.54) is 18.5 Å². The lowest BCUT2D eigenvalue weighted by Crippen LogP contribution is -2.46. The Morgan fingerprint density at radius 2 is 1.62 bits per heavy atom. The van der Waals surface area contributed by atoms with Gasteiger partial charge in [0, 0.05) is 56.8 Å². The quantitative estimate of drug-likeness (QED) is 0.832. The smallest absolute Gasteiger partial charge is 0.229 e. The maximum absolute atomic E-state index is 10.8. The Labute approximate surface area is 153 Å². The molecular weight excluding hydrogens is 328 g/mol. The van der Waals surface area contributed by atoms with Gasteiger partial charge >= 0.3 is 0 Å². The number of carbonyl (C=O) groups excluding carboxylic acids is 1. The molecule has 1 aromatic carbocycles. The summed E-state index contributed by atoms with van der Waals surface area (Å²) in [6.45, 7) is 5.34. The van der Waals surface area contributed by atoms with E-state index in [1.807, 2.05) is 6.07 Å². The van der Waals surface area contributed by atoms with Gasteiger partial charge < -0.3 is 20.0 Å².